The van der Waals surface area contributed by atoms with Crippen molar-refractivity contribution in [2.45, 2.75) is 23.5 Å². The molecule has 1 N–H and O–H groups in total. The van der Waals surface area contributed by atoms with Gasteiger partial charge < -0.3 is 0 Å². The number of hydrogen-bond donors (Lipinski definition) is 2. The van der Waals surface area contributed by atoms with Crippen molar-refractivity contribution in [3.63, 3.8) is 0 Å². The molecule has 0 aliphatic carbocycles. The van der Waals surface area contributed by atoms with Crippen molar-refractivity contribution in [1.29, 1.82) is 0 Å². The van der Waals surface area contributed by atoms with Crippen molar-refractivity contribution >= 4 is 31.7 Å². The fraction of sp³-hybridized carbons (Fsp3) is 0.235. The maximum atomic E-state index is 13.3. The van der Waals surface area contributed by atoms with E-state index in [0.29, 0.717) is 11.4 Å². The van der Waals surface area contributed by atoms with Crippen LogP contribution in [0.15, 0.2) is 51.0 Å². The van der Waals surface area contributed by atoms with Crippen LogP contribution in [0.4, 0.5) is 13.2 Å². The first kappa shape index (κ1) is 18.1. The van der Waals surface area contributed by atoms with Crippen LogP contribution >= 0.6 is 20.8 Å². The van der Waals surface area contributed by atoms with Crippen LogP contribution in [0.2, 0.25) is 0 Å². The van der Waals surface area contributed by atoms with E-state index in [1.165, 1.54) is 4.57 Å². The molecular formula is C17H13ClF3N3O2S. The fourth-order valence-electron chi connectivity index (χ4n) is 3.31. The molecule has 0 saturated carbocycles. The maximum Gasteiger partial charge on any atom is 0.416 e. The number of rotatable bonds is 1. The largest absolute Gasteiger partial charge is 0.416 e. The van der Waals surface area contributed by atoms with E-state index >= 15 is 0 Å². The molecule has 142 valence electrons. The first-order valence-electron chi connectivity index (χ1n) is 7.98. The summed E-state index contributed by atoms with van der Waals surface area (Å²) < 4.78 is 41.2. The summed E-state index contributed by atoms with van der Waals surface area (Å²) in [6.45, 7) is 0.174. The zero-order valence-corrected chi connectivity index (χ0v) is 15.3. The van der Waals surface area contributed by atoms with Gasteiger partial charge in [-0.05, 0) is 24.3 Å². The third kappa shape index (κ3) is 3.14. The van der Waals surface area contributed by atoms with E-state index in [4.69, 9.17) is 10.7 Å². The SMILES string of the molecule is O=c1[nH]c(=O)n2c3c(cc(C(F)(F)F)cc13)[SH](Cl)CC(c1ccccn1)C2. The predicted molar refractivity (Wildman–Crippen MR) is 98.8 cm³/mol. The highest BCUT2D eigenvalue weighted by Crippen LogP contribution is 2.50. The average Bonchev–Trinajstić information content (AvgIpc) is 2.77. The van der Waals surface area contributed by atoms with Gasteiger partial charge in [0, 0.05) is 35.0 Å². The van der Waals surface area contributed by atoms with Gasteiger partial charge in [0.1, 0.15) is 0 Å². The summed E-state index contributed by atoms with van der Waals surface area (Å²) in [4.78, 5) is 31.2. The van der Waals surface area contributed by atoms with Gasteiger partial charge >= 0.3 is 11.9 Å². The Balaban J connectivity index is 2.01. The molecule has 3 heterocycles. The Labute approximate surface area is 157 Å². The standard InChI is InChI=1S/C17H13ClF3N3O2S/c18-27-8-9(12-3-1-2-4-22-12)7-24-14-11(15(25)23-16(24)26)5-10(6-13(14)27)17(19,20)21/h1-6,9,27H,7-8H2,(H,23,25,26). The number of alkyl halides is 3. The van der Waals surface area contributed by atoms with Crippen molar-refractivity contribution in [3.05, 3.63) is 68.6 Å². The molecule has 2 unspecified atom stereocenters. The Kier molecular flexibility index (Phi) is 4.31. The molecule has 4 rings (SSSR count). The van der Waals surface area contributed by atoms with Gasteiger partial charge in [0.25, 0.3) is 5.56 Å². The second-order valence-electron chi connectivity index (χ2n) is 6.26. The van der Waals surface area contributed by atoms with E-state index in [2.05, 4.69) is 9.97 Å². The quantitative estimate of drug-likeness (QED) is 0.598. The van der Waals surface area contributed by atoms with Crippen LogP contribution in [0.1, 0.15) is 17.2 Å². The van der Waals surface area contributed by atoms with Crippen LogP contribution in [-0.4, -0.2) is 20.3 Å². The highest BCUT2D eigenvalue weighted by atomic mass is 35.7. The number of nitrogens with one attached hydrogen (secondary N) is 1. The fourth-order valence-corrected chi connectivity index (χ4v) is 5.83. The van der Waals surface area contributed by atoms with Crippen LogP contribution in [0.5, 0.6) is 0 Å². The van der Waals surface area contributed by atoms with Crippen LogP contribution in [-0.2, 0) is 12.7 Å². The van der Waals surface area contributed by atoms with Crippen LogP contribution < -0.4 is 11.2 Å². The molecule has 2 aromatic heterocycles. The van der Waals surface area contributed by atoms with Gasteiger partial charge in [0.05, 0.1) is 16.5 Å². The molecule has 27 heavy (non-hydrogen) atoms. The van der Waals surface area contributed by atoms with Crippen molar-refractivity contribution in [1.82, 2.24) is 14.5 Å². The van der Waals surface area contributed by atoms with E-state index in [-0.39, 0.29) is 28.3 Å². The van der Waals surface area contributed by atoms with Crippen LogP contribution in [0.3, 0.4) is 0 Å². The minimum atomic E-state index is -4.63. The van der Waals surface area contributed by atoms with Crippen molar-refractivity contribution in [2.24, 2.45) is 0 Å². The van der Waals surface area contributed by atoms with Crippen molar-refractivity contribution < 1.29 is 13.2 Å². The molecule has 0 amide bonds. The first-order valence-corrected chi connectivity index (χ1v) is 10.4. The topological polar surface area (TPSA) is 67.8 Å². The summed E-state index contributed by atoms with van der Waals surface area (Å²) in [5, 5.41) is -0.186. The molecule has 0 spiro atoms. The Morgan fingerprint density at radius 1 is 1.26 bits per heavy atom. The Hall–Kier alpha value is -2.26. The lowest BCUT2D eigenvalue weighted by molar-refractivity contribution is -0.137. The lowest BCUT2D eigenvalue weighted by Crippen LogP contribution is -2.32. The normalized spacial score (nSPS) is 21.2. The van der Waals surface area contributed by atoms with Gasteiger partial charge in [-0.3, -0.25) is 19.3 Å². The molecule has 3 aromatic rings. The number of halogens is 4. The predicted octanol–water partition coefficient (Wildman–Crippen LogP) is 3.41. The summed E-state index contributed by atoms with van der Waals surface area (Å²) >= 11 is 0. The summed E-state index contributed by atoms with van der Waals surface area (Å²) in [6, 6.07) is 7.06. The van der Waals surface area contributed by atoms with Crippen molar-refractivity contribution in [2.75, 3.05) is 5.75 Å². The molecule has 10 heteroatoms. The summed E-state index contributed by atoms with van der Waals surface area (Å²) in [7, 11) is 4.98. The summed E-state index contributed by atoms with van der Waals surface area (Å²) in [5.74, 6) is 0.0861. The molecule has 5 nitrogen and oxygen atoms in total. The second-order valence-corrected chi connectivity index (χ2v) is 9.05. The smallest absolute Gasteiger partial charge is 0.292 e. The number of aromatic nitrogens is 3. The number of hydrogen-bond acceptors (Lipinski definition) is 3. The minimum Gasteiger partial charge on any atom is -0.292 e. The third-order valence-electron chi connectivity index (χ3n) is 4.55. The van der Waals surface area contributed by atoms with Gasteiger partial charge in [0.15, 0.2) is 0 Å². The second kappa shape index (κ2) is 6.42. The number of benzene rings is 1. The van der Waals surface area contributed by atoms with E-state index in [1.54, 1.807) is 24.4 Å². The number of pyridine rings is 1. The average molecular weight is 416 g/mol. The number of H-pyrrole nitrogens is 1. The van der Waals surface area contributed by atoms with Crippen LogP contribution in [0.25, 0.3) is 10.9 Å². The molecule has 2 atom stereocenters. The highest BCUT2D eigenvalue weighted by molar-refractivity contribution is 8.36. The number of nitrogens with zero attached hydrogens (tertiary/aromatic N) is 2. The minimum absolute atomic E-state index is 0.174. The molecule has 0 bridgehead atoms. The first-order chi connectivity index (χ1) is 12.8. The Bertz CT molecular complexity index is 1140. The molecule has 0 fully saturated rings. The van der Waals surface area contributed by atoms with E-state index in [0.717, 1.165) is 12.1 Å². The van der Waals surface area contributed by atoms with Crippen molar-refractivity contribution in [3.8, 4) is 0 Å². The molecule has 1 aromatic carbocycles. The summed E-state index contributed by atoms with van der Waals surface area (Å²) in [6.07, 6.45) is -3.02. The Morgan fingerprint density at radius 3 is 2.70 bits per heavy atom. The van der Waals surface area contributed by atoms with Gasteiger partial charge in [-0.25, -0.2) is 4.79 Å². The lowest BCUT2D eigenvalue weighted by Gasteiger charge is -2.19. The maximum absolute atomic E-state index is 13.3. The van der Waals surface area contributed by atoms with Gasteiger partial charge in [-0.2, -0.15) is 13.2 Å². The van der Waals surface area contributed by atoms with Gasteiger partial charge in [-0.1, -0.05) is 16.7 Å². The zero-order valence-electron chi connectivity index (χ0n) is 13.6. The monoisotopic (exact) mass is 415 g/mol. The molecular weight excluding hydrogens is 403 g/mol. The van der Waals surface area contributed by atoms with Gasteiger partial charge in [-0.15, -0.1) is 10.1 Å². The lowest BCUT2D eigenvalue weighted by atomic mass is 10.1. The van der Waals surface area contributed by atoms with E-state index < -0.39 is 33.1 Å². The van der Waals surface area contributed by atoms with Crippen LogP contribution in [0, 0.1) is 0 Å². The molecule has 0 radical (unpaired) electrons. The number of aromatic amines is 1. The third-order valence-corrected chi connectivity index (χ3v) is 7.13. The molecule has 0 saturated heterocycles. The Morgan fingerprint density at radius 2 is 2.04 bits per heavy atom. The number of thiol groups is 1. The van der Waals surface area contributed by atoms with E-state index in [1.807, 2.05) is 0 Å². The highest BCUT2D eigenvalue weighted by Gasteiger charge is 2.34. The van der Waals surface area contributed by atoms with E-state index in [9.17, 15) is 22.8 Å². The zero-order chi connectivity index (χ0) is 19.3. The molecule has 1 aliphatic heterocycles. The van der Waals surface area contributed by atoms with Gasteiger partial charge in [0.2, 0.25) is 0 Å². The molecule has 1 aliphatic rings. The summed E-state index contributed by atoms with van der Waals surface area (Å²) in [5.41, 5.74) is -1.60.